The smallest absolute Gasteiger partial charge is 0.194 e. The van der Waals surface area contributed by atoms with E-state index in [-0.39, 0.29) is 0 Å². The van der Waals surface area contributed by atoms with Gasteiger partial charge >= 0.3 is 0 Å². The van der Waals surface area contributed by atoms with Crippen molar-refractivity contribution in [1.29, 1.82) is 0 Å². The van der Waals surface area contributed by atoms with Crippen LogP contribution in [0.5, 0.6) is 0 Å². The molecular formula is C14H18ClN3. The van der Waals surface area contributed by atoms with Gasteiger partial charge in [-0.1, -0.05) is 35.7 Å². The lowest BCUT2D eigenvalue weighted by molar-refractivity contribution is 0.478. The van der Waals surface area contributed by atoms with Crippen molar-refractivity contribution >= 4 is 17.6 Å². The maximum atomic E-state index is 6.14. The fraction of sp³-hybridized carbons (Fsp3) is 0.357. The van der Waals surface area contributed by atoms with Gasteiger partial charge in [-0.05, 0) is 18.6 Å². The summed E-state index contributed by atoms with van der Waals surface area (Å²) in [6.45, 7) is 3.89. The molecule has 0 amide bonds. The quantitative estimate of drug-likeness (QED) is 0.513. The number of hydrogen-bond acceptors (Lipinski definition) is 1. The number of benzene rings is 1. The Morgan fingerprint density at radius 2 is 2.22 bits per heavy atom. The van der Waals surface area contributed by atoms with Gasteiger partial charge in [-0.3, -0.25) is 0 Å². The standard InChI is InChI=1S/C14H18ClN3/c1-4-10-17-14(16-5-2)18(3)11-12-8-6-7-9-13(12)15/h1,6-9H,5,10-11H2,2-3H3,(H,16,17). The minimum absolute atomic E-state index is 0.370. The maximum Gasteiger partial charge on any atom is 0.194 e. The van der Waals surface area contributed by atoms with Gasteiger partial charge in [0.05, 0.1) is 0 Å². The van der Waals surface area contributed by atoms with Gasteiger partial charge < -0.3 is 10.2 Å². The molecular weight excluding hydrogens is 246 g/mol. The molecule has 96 valence electrons. The molecule has 0 atom stereocenters. The highest BCUT2D eigenvalue weighted by Crippen LogP contribution is 2.16. The number of terminal acetylenes is 1. The first kappa shape index (κ1) is 14.4. The van der Waals surface area contributed by atoms with Gasteiger partial charge in [0.25, 0.3) is 0 Å². The summed E-state index contributed by atoms with van der Waals surface area (Å²) in [5.74, 6) is 3.29. The number of hydrogen-bond donors (Lipinski definition) is 1. The average molecular weight is 264 g/mol. The van der Waals surface area contributed by atoms with E-state index in [1.807, 2.05) is 43.1 Å². The summed E-state index contributed by atoms with van der Waals surface area (Å²) in [4.78, 5) is 6.31. The van der Waals surface area contributed by atoms with E-state index in [1.54, 1.807) is 0 Å². The molecule has 0 saturated carbocycles. The van der Waals surface area contributed by atoms with Crippen LogP contribution in [0.1, 0.15) is 12.5 Å². The Hall–Kier alpha value is -1.66. The van der Waals surface area contributed by atoms with Crippen LogP contribution in [-0.2, 0) is 6.54 Å². The molecule has 0 heterocycles. The number of guanidine groups is 1. The number of rotatable bonds is 4. The lowest BCUT2D eigenvalue weighted by Crippen LogP contribution is -2.38. The first-order valence-electron chi connectivity index (χ1n) is 5.85. The zero-order valence-electron chi connectivity index (χ0n) is 10.8. The molecule has 0 spiro atoms. The van der Waals surface area contributed by atoms with Crippen LogP contribution < -0.4 is 5.32 Å². The molecule has 0 aromatic heterocycles. The van der Waals surface area contributed by atoms with Crippen molar-refractivity contribution in [1.82, 2.24) is 10.2 Å². The van der Waals surface area contributed by atoms with E-state index in [1.165, 1.54) is 0 Å². The second-order valence-corrected chi connectivity index (χ2v) is 4.23. The van der Waals surface area contributed by atoms with E-state index in [0.29, 0.717) is 13.1 Å². The van der Waals surface area contributed by atoms with Crippen LogP contribution in [-0.4, -0.2) is 31.0 Å². The monoisotopic (exact) mass is 263 g/mol. The summed E-state index contributed by atoms with van der Waals surface area (Å²) in [6.07, 6.45) is 5.23. The molecule has 1 aromatic carbocycles. The van der Waals surface area contributed by atoms with E-state index in [4.69, 9.17) is 18.0 Å². The molecule has 3 nitrogen and oxygen atoms in total. The van der Waals surface area contributed by atoms with Crippen LogP contribution >= 0.6 is 11.6 Å². The van der Waals surface area contributed by atoms with E-state index >= 15 is 0 Å². The topological polar surface area (TPSA) is 27.6 Å². The Kier molecular flexibility index (Phi) is 6.10. The van der Waals surface area contributed by atoms with Gasteiger partial charge in [0, 0.05) is 25.2 Å². The Balaban J connectivity index is 2.76. The van der Waals surface area contributed by atoms with E-state index in [0.717, 1.165) is 23.1 Å². The molecule has 4 heteroatoms. The van der Waals surface area contributed by atoms with Crippen molar-refractivity contribution in [2.45, 2.75) is 13.5 Å². The molecule has 0 unspecified atom stereocenters. The highest BCUT2D eigenvalue weighted by molar-refractivity contribution is 6.31. The number of aliphatic imine (C=N–C) groups is 1. The zero-order chi connectivity index (χ0) is 13.4. The van der Waals surface area contributed by atoms with Crippen LogP contribution in [0.2, 0.25) is 5.02 Å². The average Bonchev–Trinajstić information content (AvgIpc) is 2.37. The van der Waals surface area contributed by atoms with Crippen molar-refractivity contribution in [2.24, 2.45) is 4.99 Å². The van der Waals surface area contributed by atoms with Crippen molar-refractivity contribution < 1.29 is 0 Å². The summed E-state index contributed by atoms with van der Waals surface area (Å²) < 4.78 is 0. The Morgan fingerprint density at radius 3 is 2.83 bits per heavy atom. The molecule has 0 saturated heterocycles. The molecule has 1 aromatic rings. The van der Waals surface area contributed by atoms with Gasteiger partial charge in [-0.15, -0.1) is 6.42 Å². The minimum Gasteiger partial charge on any atom is -0.356 e. The van der Waals surface area contributed by atoms with Crippen LogP contribution in [0.3, 0.4) is 0 Å². The van der Waals surface area contributed by atoms with E-state index in [9.17, 15) is 0 Å². The van der Waals surface area contributed by atoms with Crippen molar-refractivity contribution in [3.63, 3.8) is 0 Å². The maximum absolute atomic E-state index is 6.14. The second-order valence-electron chi connectivity index (χ2n) is 3.82. The number of nitrogens with one attached hydrogen (secondary N) is 1. The van der Waals surface area contributed by atoms with Crippen LogP contribution in [0.25, 0.3) is 0 Å². The molecule has 0 aliphatic carbocycles. The summed E-state index contributed by atoms with van der Waals surface area (Å²) in [5.41, 5.74) is 1.06. The van der Waals surface area contributed by atoms with E-state index in [2.05, 4.69) is 16.2 Å². The fourth-order valence-corrected chi connectivity index (χ4v) is 1.74. The molecule has 0 aliphatic rings. The molecule has 0 fully saturated rings. The SMILES string of the molecule is C#CCN=C(NCC)N(C)Cc1ccccc1Cl. The minimum atomic E-state index is 0.370. The van der Waals surface area contributed by atoms with Crippen molar-refractivity contribution in [3.05, 3.63) is 34.9 Å². The number of nitrogens with zero attached hydrogens (tertiary/aromatic N) is 2. The molecule has 1 N–H and O–H groups in total. The van der Waals surface area contributed by atoms with Crippen molar-refractivity contribution in [2.75, 3.05) is 20.1 Å². The normalized spacial score (nSPS) is 10.9. The lowest BCUT2D eigenvalue weighted by Gasteiger charge is -2.22. The summed E-state index contributed by atoms with van der Waals surface area (Å²) >= 11 is 6.14. The van der Waals surface area contributed by atoms with Crippen LogP contribution in [0.4, 0.5) is 0 Å². The summed E-state index contributed by atoms with van der Waals surface area (Å²) in [5, 5.41) is 3.96. The highest BCUT2D eigenvalue weighted by Gasteiger charge is 2.07. The fourth-order valence-electron chi connectivity index (χ4n) is 1.55. The molecule has 18 heavy (non-hydrogen) atoms. The summed E-state index contributed by atoms with van der Waals surface area (Å²) in [7, 11) is 1.96. The highest BCUT2D eigenvalue weighted by atomic mass is 35.5. The molecule has 0 radical (unpaired) electrons. The Bertz CT molecular complexity index is 449. The van der Waals surface area contributed by atoms with Crippen LogP contribution in [0.15, 0.2) is 29.3 Å². The van der Waals surface area contributed by atoms with Gasteiger partial charge in [-0.25, -0.2) is 4.99 Å². The molecule has 0 bridgehead atoms. The predicted molar refractivity (Wildman–Crippen MR) is 77.7 cm³/mol. The third-order valence-electron chi connectivity index (χ3n) is 2.38. The third-order valence-corrected chi connectivity index (χ3v) is 2.75. The molecule has 0 aliphatic heterocycles. The predicted octanol–water partition coefficient (Wildman–Crippen LogP) is 2.37. The zero-order valence-corrected chi connectivity index (χ0v) is 11.5. The summed E-state index contributed by atoms with van der Waals surface area (Å²) in [6, 6.07) is 7.78. The second kappa shape index (κ2) is 7.62. The van der Waals surface area contributed by atoms with E-state index < -0.39 is 0 Å². The largest absolute Gasteiger partial charge is 0.356 e. The van der Waals surface area contributed by atoms with Gasteiger partial charge in [0.15, 0.2) is 5.96 Å². The van der Waals surface area contributed by atoms with Gasteiger partial charge in [0.2, 0.25) is 0 Å². The molecule has 1 rings (SSSR count). The lowest BCUT2D eigenvalue weighted by atomic mass is 10.2. The first-order chi connectivity index (χ1) is 8.69. The van der Waals surface area contributed by atoms with Crippen LogP contribution in [0, 0.1) is 12.3 Å². The number of halogens is 1. The Labute approximate surface area is 114 Å². The van der Waals surface area contributed by atoms with Crippen molar-refractivity contribution in [3.8, 4) is 12.3 Å². The van der Waals surface area contributed by atoms with Gasteiger partial charge in [0.1, 0.15) is 6.54 Å². The first-order valence-corrected chi connectivity index (χ1v) is 6.23. The Morgan fingerprint density at radius 1 is 1.50 bits per heavy atom. The third kappa shape index (κ3) is 4.31. The van der Waals surface area contributed by atoms with Gasteiger partial charge in [-0.2, -0.15) is 0 Å².